The van der Waals surface area contributed by atoms with Crippen LogP contribution in [0.25, 0.3) is 0 Å². The summed E-state index contributed by atoms with van der Waals surface area (Å²) in [5, 5.41) is 0.196. The third-order valence-corrected chi connectivity index (χ3v) is 4.35. The smallest absolute Gasteiger partial charge is 0.255 e. The lowest BCUT2D eigenvalue weighted by Gasteiger charge is -2.25. The predicted octanol–water partition coefficient (Wildman–Crippen LogP) is 2.08. The van der Waals surface area contributed by atoms with Crippen LogP contribution in [0.15, 0.2) is 12.1 Å². The molecule has 126 valence electrons. The Morgan fingerprint density at radius 1 is 1.43 bits per heavy atom. The number of benzene rings is 1. The molecule has 0 spiro atoms. The standard InChI is InChI=1S/C16H21ClN2O4/c1-9(10-4-5-10)19(2)16(21)11-6-12(17)15(13(7-11)22-3)23-8-14(18)20/h6-7,9-10H,4-5,8H2,1-3H3,(H2,18,20). The number of carbonyl (C=O) groups is 2. The molecule has 0 saturated heterocycles. The van der Waals surface area contributed by atoms with Gasteiger partial charge in [-0.25, -0.2) is 0 Å². The van der Waals surface area contributed by atoms with Gasteiger partial charge in [0.15, 0.2) is 18.1 Å². The molecule has 23 heavy (non-hydrogen) atoms. The van der Waals surface area contributed by atoms with Crippen molar-refractivity contribution in [3.63, 3.8) is 0 Å². The highest BCUT2D eigenvalue weighted by Crippen LogP contribution is 2.38. The molecule has 2 N–H and O–H groups in total. The highest BCUT2D eigenvalue weighted by atomic mass is 35.5. The molecule has 0 bridgehead atoms. The minimum atomic E-state index is -0.624. The molecule has 2 rings (SSSR count). The van der Waals surface area contributed by atoms with E-state index >= 15 is 0 Å². The topological polar surface area (TPSA) is 81.9 Å². The number of nitrogens with zero attached hydrogens (tertiary/aromatic N) is 1. The van der Waals surface area contributed by atoms with Gasteiger partial charge in [-0.2, -0.15) is 0 Å². The van der Waals surface area contributed by atoms with Crippen molar-refractivity contribution in [2.45, 2.75) is 25.8 Å². The van der Waals surface area contributed by atoms with Gasteiger partial charge >= 0.3 is 0 Å². The molecule has 1 aromatic carbocycles. The third-order valence-electron chi connectivity index (χ3n) is 4.07. The van der Waals surface area contributed by atoms with Crippen molar-refractivity contribution in [1.82, 2.24) is 4.90 Å². The molecule has 1 aliphatic carbocycles. The lowest BCUT2D eigenvalue weighted by molar-refractivity contribution is -0.119. The summed E-state index contributed by atoms with van der Waals surface area (Å²) in [6, 6.07) is 3.25. The summed E-state index contributed by atoms with van der Waals surface area (Å²) in [7, 11) is 3.22. The van der Waals surface area contributed by atoms with Crippen molar-refractivity contribution < 1.29 is 19.1 Å². The molecule has 1 saturated carbocycles. The van der Waals surface area contributed by atoms with Crippen LogP contribution in [0.2, 0.25) is 5.02 Å². The summed E-state index contributed by atoms with van der Waals surface area (Å²) in [6.07, 6.45) is 2.31. The van der Waals surface area contributed by atoms with E-state index in [-0.39, 0.29) is 35.1 Å². The Balaban J connectivity index is 2.23. The van der Waals surface area contributed by atoms with Gasteiger partial charge in [-0.3, -0.25) is 9.59 Å². The molecular formula is C16H21ClN2O4. The van der Waals surface area contributed by atoms with Gasteiger partial charge in [0, 0.05) is 18.7 Å². The second-order valence-corrected chi connectivity index (χ2v) is 6.15. The Labute approximate surface area is 140 Å². The fourth-order valence-corrected chi connectivity index (χ4v) is 2.68. The van der Waals surface area contributed by atoms with Gasteiger partial charge in [0.25, 0.3) is 11.8 Å². The second kappa shape index (κ2) is 7.08. The van der Waals surface area contributed by atoms with E-state index in [9.17, 15) is 9.59 Å². The molecule has 0 aliphatic heterocycles. The van der Waals surface area contributed by atoms with E-state index in [0.29, 0.717) is 11.5 Å². The number of nitrogens with two attached hydrogens (primary N) is 1. The number of primary amides is 1. The first-order chi connectivity index (χ1) is 10.8. The second-order valence-electron chi connectivity index (χ2n) is 5.74. The Bertz CT molecular complexity index is 616. The van der Waals surface area contributed by atoms with Gasteiger partial charge in [-0.1, -0.05) is 11.6 Å². The van der Waals surface area contributed by atoms with Crippen LogP contribution in [0.3, 0.4) is 0 Å². The third kappa shape index (κ3) is 4.07. The molecule has 1 fully saturated rings. The zero-order chi connectivity index (χ0) is 17.1. The van der Waals surface area contributed by atoms with E-state index < -0.39 is 5.91 Å². The molecular weight excluding hydrogens is 320 g/mol. The Kier molecular flexibility index (Phi) is 5.36. The summed E-state index contributed by atoms with van der Waals surface area (Å²) in [5.74, 6) is 0.295. The first-order valence-electron chi connectivity index (χ1n) is 7.41. The van der Waals surface area contributed by atoms with Crippen LogP contribution >= 0.6 is 11.6 Å². The van der Waals surface area contributed by atoms with Gasteiger partial charge in [-0.15, -0.1) is 0 Å². The fraction of sp³-hybridized carbons (Fsp3) is 0.500. The van der Waals surface area contributed by atoms with Gasteiger partial charge in [0.05, 0.1) is 12.1 Å². The number of methoxy groups -OCH3 is 1. The summed E-state index contributed by atoms with van der Waals surface area (Å²) in [6.45, 7) is 1.72. The van der Waals surface area contributed by atoms with Crippen molar-refractivity contribution >= 4 is 23.4 Å². The maximum Gasteiger partial charge on any atom is 0.255 e. The SMILES string of the molecule is COc1cc(C(=O)N(C)C(C)C2CC2)cc(Cl)c1OCC(N)=O. The monoisotopic (exact) mass is 340 g/mol. The van der Waals surface area contributed by atoms with Crippen LogP contribution in [0.1, 0.15) is 30.1 Å². The Hall–Kier alpha value is -1.95. The zero-order valence-corrected chi connectivity index (χ0v) is 14.2. The lowest BCUT2D eigenvalue weighted by Crippen LogP contribution is -2.36. The highest BCUT2D eigenvalue weighted by Gasteiger charge is 2.33. The number of hydrogen-bond donors (Lipinski definition) is 1. The van der Waals surface area contributed by atoms with Gasteiger partial charge in [0.1, 0.15) is 0 Å². The zero-order valence-electron chi connectivity index (χ0n) is 13.5. The normalized spacial score (nSPS) is 15.0. The number of halogens is 1. The molecule has 1 aromatic rings. The molecule has 0 heterocycles. The summed E-state index contributed by atoms with van der Waals surface area (Å²) < 4.78 is 10.5. The number of amides is 2. The van der Waals surface area contributed by atoms with E-state index in [1.807, 2.05) is 6.92 Å². The highest BCUT2D eigenvalue weighted by molar-refractivity contribution is 6.32. The summed E-state index contributed by atoms with van der Waals surface area (Å²) >= 11 is 6.17. The van der Waals surface area contributed by atoms with Crippen LogP contribution in [0, 0.1) is 5.92 Å². The largest absolute Gasteiger partial charge is 0.493 e. The van der Waals surface area contributed by atoms with E-state index in [0.717, 1.165) is 12.8 Å². The molecule has 2 amide bonds. The van der Waals surface area contributed by atoms with E-state index in [2.05, 4.69) is 0 Å². The van der Waals surface area contributed by atoms with Gasteiger partial charge in [-0.05, 0) is 37.8 Å². The average molecular weight is 341 g/mol. The van der Waals surface area contributed by atoms with Gasteiger partial charge in [0.2, 0.25) is 0 Å². The Morgan fingerprint density at radius 3 is 2.61 bits per heavy atom. The van der Waals surface area contributed by atoms with Crippen LogP contribution in [-0.4, -0.2) is 43.5 Å². The minimum Gasteiger partial charge on any atom is -0.493 e. The molecule has 1 aliphatic rings. The maximum absolute atomic E-state index is 12.6. The summed E-state index contributed by atoms with van der Waals surface area (Å²) in [5.41, 5.74) is 5.47. The number of hydrogen-bond acceptors (Lipinski definition) is 4. The minimum absolute atomic E-state index is 0.133. The van der Waals surface area contributed by atoms with Crippen molar-refractivity contribution in [3.05, 3.63) is 22.7 Å². The van der Waals surface area contributed by atoms with Crippen molar-refractivity contribution in [1.29, 1.82) is 0 Å². The predicted molar refractivity (Wildman–Crippen MR) is 87.0 cm³/mol. The molecule has 0 aromatic heterocycles. The van der Waals surface area contributed by atoms with Crippen LogP contribution in [0.5, 0.6) is 11.5 Å². The van der Waals surface area contributed by atoms with E-state index in [1.54, 1.807) is 18.0 Å². The quantitative estimate of drug-likeness (QED) is 0.824. The molecule has 1 atom stereocenters. The molecule has 6 nitrogen and oxygen atoms in total. The Morgan fingerprint density at radius 2 is 2.09 bits per heavy atom. The molecule has 1 unspecified atom stereocenters. The number of rotatable bonds is 7. The summed E-state index contributed by atoms with van der Waals surface area (Å²) in [4.78, 5) is 25.2. The van der Waals surface area contributed by atoms with Crippen molar-refractivity contribution in [2.75, 3.05) is 20.8 Å². The van der Waals surface area contributed by atoms with Crippen molar-refractivity contribution in [2.24, 2.45) is 11.7 Å². The van der Waals surface area contributed by atoms with E-state index in [4.69, 9.17) is 26.8 Å². The fourth-order valence-electron chi connectivity index (χ4n) is 2.41. The lowest BCUT2D eigenvalue weighted by atomic mass is 10.1. The van der Waals surface area contributed by atoms with E-state index in [1.165, 1.54) is 13.2 Å². The first kappa shape index (κ1) is 17.4. The molecule has 7 heteroatoms. The van der Waals surface area contributed by atoms with Crippen molar-refractivity contribution in [3.8, 4) is 11.5 Å². The van der Waals surface area contributed by atoms with Gasteiger partial charge < -0.3 is 20.1 Å². The maximum atomic E-state index is 12.6. The van der Waals surface area contributed by atoms with Crippen LogP contribution < -0.4 is 15.2 Å². The van der Waals surface area contributed by atoms with Crippen LogP contribution in [0.4, 0.5) is 0 Å². The molecule has 0 radical (unpaired) electrons. The average Bonchev–Trinajstić information content (AvgIpc) is 3.35. The first-order valence-corrected chi connectivity index (χ1v) is 7.78. The number of carbonyl (C=O) groups excluding carboxylic acids is 2. The van der Waals surface area contributed by atoms with Crippen LogP contribution in [-0.2, 0) is 4.79 Å². The number of ether oxygens (including phenoxy) is 2.